The fourth-order valence-electron chi connectivity index (χ4n) is 1.86. The molecule has 1 aromatic rings. The summed E-state index contributed by atoms with van der Waals surface area (Å²) in [6, 6.07) is 5.35. The van der Waals surface area contributed by atoms with Gasteiger partial charge in [0.05, 0.1) is 12.6 Å². The first-order valence-corrected chi connectivity index (χ1v) is 6.91. The molecule has 0 aromatic heterocycles. The van der Waals surface area contributed by atoms with E-state index in [4.69, 9.17) is 0 Å². The van der Waals surface area contributed by atoms with Crippen LogP contribution in [0.1, 0.15) is 36.2 Å². The van der Waals surface area contributed by atoms with Gasteiger partial charge in [-0.3, -0.25) is 4.79 Å². The van der Waals surface area contributed by atoms with Crippen molar-refractivity contribution in [2.75, 3.05) is 6.61 Å². The Morgan fingerprint density at radius 3 is 2.67 bits per heavy atom. The molecule has 0 aliphatic rings. The summed E-state index contributed by atoms with van der Waals surface area (Å²) in [5.41, 5.74) is 1.56. The van der Waals surface area contributed by atoms with E-state index in [0.29, 0.717) is 11.5 Å². The van der Waals surface area contributed by atoms with Crippen LogP contribution in [0.4, 0.5) is 0 Å². The summed E-state index contributed by atoms with van der Waals surface area (Å²) in [6.45, 7) is 6.00. The second-order valence-corrected chi connectivity index (χ2v) is 5.75. The van der Waals surface area contributed by atoms with Crippen molar-refractivity contribution in [2.45, 2.75) is 33.2 Å². The molecular formula is C14H20BrNO2. The molecule has 1 amide bonds. The molecule has 0 saturated carbocycles. The van der Waals surface area contributed by atoms with Gasteiger partial charge in [0.25, 0.3) is 5.91 Å². The van der Waals surface area contributed by atoms with Crippen molar-refractivity contribution in [1.29, 1.82) is 0 Å². The van der Waals surface area contributed by atoms with Gasteiger partial charge < -0.3 is 10.4 Å². The number of aliphatic hydroxyl groups is 1. The second-order valence-electron chi connectivity index (χ2n) is 4.89. The van der Waals surface area contributed by atoms with Crippen molar-refractivity contribution in [3.63, 3.8) is 0 Å². The van der Waals surface area contributed by atoms with Gasteiger partial charge in [-0.15, -0.1) is 0 Å². The van der Waals surface area contributed by atoms with Crippen LogP contribution in [-0.2, 0) is 0 Å². The molecule has 1 aromatic carbocycles. The molecule has 0 spiro atoms. The van der Waals surface area contributed by atoms with Crippen LogP contribution in [0.25, 0.3) is 0 Å². The fraction of sp³-hybridized carbons (Fsp3) is 0.500. The molecule has 0 aliphatic heterocycles. The Hall–Kier alpha value is -0.870. The Bertz CT molecular complexity index is 418. The van der Waals surface area contributed by atoms with Gasteiger partial charge in [0.2, 0.25) is 0 Å². The number of rotatable bonds is 5. The van der Waals surface area contributed by atoms with Crippen LogP contribution >= 0.6 is 15.9 Å². The zero-order valence-electron chi connectivity index (χ0n) is 11.0. The van der Waals surface area contributed by atoms with E-state index < -0.39 is 0 Å². The number of nitrogens with one attached hydrogen (secondary N) is 1. The quantitative estimate of drug-likeness (QED) is 0.878. The summed E-state index contributed by atoms with van der Waals surface area (Å²) in [7, 11) is 0. The van der Waals surface area contributed by atoms with Crippen LogP contribution in [0.15, 0.2) is 22.7 Å². The minimum atomic E-state index is -0.184. The highest BCUT2D eigenvalue weighted by atomic mass is 79.9. The number of carbonyl (C=O) groups is 1. The molecule has 100 valence electrons. The van der Waals surface area contributed by atoms with Crippen molar-refractivity contribution >= 4 is 21.8 Å². The van der Waals surface area contributed by atoms with Gasteiger partial charge in [0.15, 0.2) is 0 Å². The lowest BCUT2D eigenvalue weighted by Gasteiger charge is -2.19. The van der Waals surface area contributed by atoms with Gasteiger partial charge in [-0.05, 0) is 37.0 Å². The number of aliphatic hydroxyl groups excluding tert-OH is 1. The third kappa shape index (κ3) is 4.10. The van der Waals surface area contributed by atoms with Crippen LogP contribution < -0.4 is 5.32 Å². The van der Waals surface area contributed by atoms with Crippen molar-refractivity contribution in [3.05, 3.63) is 33.8 Å². The number of hydrogen-bond donors (Lipinski definition) is 2. The third-order valence-corrected chi connectivity index (χ3v) is 3.68. The first-order chi connectivity index (χ1) is 8.45. The predicted octanol–water partition coefficient (Wildman–Crippen LogP) is 2.89. The van der Waals surface area contributed by atoms with E-state index in [-0.39, 0.29) is 18.6 Å². The maximum absolute atomic E-state index is 12.1. The van der Waals surface area contributed by atoms with Gasteiger partial charge in [-0.2, -0.15) is 0 Å². The zero-order valence-corrected chi connectivity index (χ0v) is 12.6. The number of benzene rings is 1. The summed E-state index contributed by atoms with van der Waals surface area (Å²) < 4.78 is 0.916. The molecule has 0 fully saturated rings. The topological polar surface area (TPSA) is 49.3 Å². The summed E-state index contributed by atoms with van der Waals surface area (Å²) in [6.07, 6.45) is 0.773. The highest BCUT2D eigenvalue weighted by Gasteiger charge is 2.16. The number of carbonyl (C=O) groups excluding carboxylic acids is 1. The molecule has 1 rings (SSSR count). The Balaban J connectivity index is 2.78. The smallest absolute Gasteiger partial charge is 0.251 e. The van der Waals surface area contributed by atoms with E-state index in [2.05, 4.69) is 35.1 Å². The molecule has 2 N–H and O–H groups in total. The summed E-state index contributed by atoms with van der Waals surface area (Å²) in [5, 5.41) is 12.1. The summed E-state index contributed by atoms with van der Waals surface area (Å²) >= 11 is 3.41. The van der Waals surface area contributed by atoms with Crippen LogP contribution in [0, 0.1) is 12.8 Å². The van der Waals surface area contributed by atoms with E-state index in [1.54, 1.807) is 6.07 Å². The van der Waals surface area contributed by atoms with E-state index in [0.717, 1.165) is 16.5 Å². The minimum Gasteiger partial charge on any atom is -0.394 e. The van der Waals surface area contributed by atoms with E-state index in [9.17, 15) is 9.90 Å². The monoisotopic (exact) mass is 313 g/mol. The molecule has 3 nitrogen and oxygen atoms in total. The molecule has 0 bridgehead atoms. The number of amides is 1. The predicted molar refractivity (Wildman–Crippen MR) is 76.7 cm³/mol. The highest BCUT2D eigenvalue weighted by Crippen LogP contribution is 2.19. The van der Waals surface area contributed by atoms with Crippen molar-refractivity contribution in [3.8, 4) is 0 Å². The van der Waals surface area contributed by atoms with Crippen LogP contribution in [0.5, 0.6) is 0 Å². The molecule has 0 aliphatic carbocycles. The zero-order chi connectivity index (χ0) is 13.7. The lowest BCUT2D eigenvalue weighted by Crippen LogP contribution is -2.38. The van der Waals surface area contributed by atoms with Gasteiger partial charge in [0, 0.05) is 10.0 Å². The highest BCUT2D eigenvalue weighted by molar-refractivity contribution is 9.10. The summed E-state index contributed by atoms with van der Waals surface area (Å²) in [4.78, 5) is 12.1. The lowest BCUT2D eigenvalue weighted by atomic mass is 10.0. The minimum absolute atomic E-state index is 0.0308. The lowest BCUT2D eigenvalue weighted by molar-refractivity contribution is 0.0907. The standard InChI is InChI=1S/C14H20BrNO2/c1-9(2)7-11(8-17)16-14(18)12-5-4-6-13(15)10(12)3/h4-6,9,11,17H,7-8H2,1-3H3,(H,16,18). The maximum atomic E-state index is 12.1. The van der Waals surface area contributed by atoms with Crippen molar-refractivity contribution in [2.24, 2.45) is 5.92 Å². The molecule has 0 radical (unpaired) electrons. The molecule has 4 heteroatoms. The van der Waals surface area contributed by atoms with Gasteiger partial charge in [0.1, 0.15) is 0 Å². The third-order valence-electron chi connectivity index (χ3n) is 2.82. The van der Waals surface area contributed by atoms with Gasteiger partial charge in [-0.25, -0.2) is 0 Å². The van der Waals surface area contributed by atoms with Crippen molar-refractivity contribution < 1.29 is 9.90 Å². The Morgan fingerprint density at radius 2 is 2.11 bits per heavy atom. The Labute approximate surface area is 117 Å². The largest absolute Gasteiger partial charge is 0.394 e. The normalized spacial score (nSPS) is 12.6. The first-order valence-electron chi connectivity index (χ1n) is 6.12. The molecular weight excluding hydrogens is 294 g/mol. The molecule has 1 unspecified atom stereocenters. The molecule has 1 atom stereocenters. The SMILES string of the molecule is Cc1c(Br)cccc1C(=O)NC(CO)CC(C)C. The van der Waals surface area contributed by atoms with Crippen LogP contribution in [-0.4, -0.2) is 23.7 Å². The average Bonchev–Trinajstić information content (AvgIpc) is 2.31. The Morgan fingerprint density at radius 1 is 1.44 bits per heavy atom. The first kappa shape index (κ1) is 15.2. The average molecular weight is 314 g/mol. The van der Waals surface area contributed by atoms with Gasteiger partial charge in [-0.1, -0.05) is 35.8 Å². The van der Waals surface area contributed by atoms with E-state index >= 15 is 0 Å². The second kappa shape index (κ2) is 6.90. The fourth-order valence-corrected chi connectivity index (χ4v) is 2.23. The Kier molecular flexibility index (Phi) is 5.82. The molecule has 0 saturated heterocycles. The number of hydrogen-bond acceptors (Lipinski definition) is 2. The van der Waals surface area contributed by atoms with E-state index in [1.807, 2.05) is 19.1 Å². The van der Waals surface area contributed by atoms with Crippen LogP contribution in [0.2, 0.25) is 0 Å². The summed E-state index contributed by atoms with van der Waals surface area (Å²) in [5.74, 6) is 0.305. The van der Waals surface area contributed by atoms with Crippen molar-refractivity contribution in [1.82, 2.24) is 5.32 Å². The number of halogens is 1. The van der Waals surface area contributed by atoms with E-state index in [1.165, 1.54) is 0 Å². The molecule has 18 heavy (non-hydrogen) atoms. The van der Waals surface area contributed by atoms with Crippen LogP contribution in [0.3, 0.4) is 0 Å². The van der Waals surface area contributed by atoms with Gasteiger partial charge >= 0.3 is 0 Å². The maximum Gasteiger partial charge on any atom is 0.251 e. The molecule has 0 heterocycles.